The van der Waals surface area contributed by atoms with Crippen LogP contribution in [0.15, 0.2) is 75.2 Å². The van der Waals surface area contributed by atoms with E-state index in [1.54, 1.807) is 6.07 Å². The maximum absolute atomic E-state index is 13.1. The fourth-order valence-electron chi connectivity index (χ4n) is 3.27. The fourth-order valence-corrected chi connectivity index (χ4v) is 4.84. The highest BCUT2D eigenvalue weighted by molar-refractivity contribution is 7.91. The molecule has 2 aromatic carbocycles. The van der Waals surface area contributed by atoms with Crippen molar-refractivity contribution >= 4 is 21.4 Å². The molecule has 3 rings (SSSR count). The summed E-state index contributed by atoms with van der Waals surface area (Å²) in [5.41, 5.74) is -1.36. The molecule has 0 bridgehead atoms. The van der Waals surface area contributed by atoms with Gasteiger partial charge in [-0.1, -0.05) is 24.3 Å². The lowest BCUT2D eigenvalue weighted by Crippen LogP contribution is -2.33. The molecule has 168 valence electrons. The number of halogens is 3. The van der Waals surface area contributed by atoms with Gasteiger partial charge in [-0.05, 0) is 55.8 Å². The molecule has 0 saturated carbocycles. The van der Waals surface area contributed by atoms with Gasteiger partial charge in [0.1, 0.15) is 11.4 Å². The highest BCUT2D eigenvalue weighted by Crippen LogP contribution is 2.30. The maximum Gasteiger partial charge on any atom is 0.416 e. The van der Waals surface area contributed by atoms with E-state index in [1.165, 1.54) is 50.2 Å². The molecule has 0 spiro atoms. The van der Waals surface area contributed by atoms with Gasteiger partial charge >= 0.3 is 6.18 Å². The quantitative estimate of drug-likeness (QED) is 0.620. The van der Waals surface area contributed by atoms with Crippen molar-refractivity contribution < 1.29 is 26.4 Å². The van der Waals surface area contributed by atoms with Crippen LogP contribution in [0.4, 0.5) is 18.9 Å². The summed E-state index contributed by atoms with van der Waals surface area (Å²) in [6.45, 7) is 2.45. The third-order valence-corrected chi connectivity index (χ3v) is 6.67. The number of aromatic nitrogens is 1. The van der Waals surface area contributed by atoms with Gasteiger partial charge in [0.05, 0.1) is 10.5 Å². The summed E-state index contributed by atoms with van der Waals surface area (Å²) in [6, 6.07) is 12.9. The average molecular weight is 464 g/mol. The van der Waals surface area contributed by atoms with Crippen molar-refractivity contribution in [1.82, 2.24) is 4.57 Å². The van der Waals surface area contributed by atoms with Crippen molar-refractivity contribution in [2.75, 3.05) is 5.32 Å². The number of nitrogens with zero attached hydrogens (tertiary/aromatic N) is 1. The molecule has 0 unspecified atom stereocenters. The Hall–Kier alpha value is -3.40. The van der Waals surface area contributed by atoms with Crippen LogP contribution in [-0.4, -0.2) is 18.9 Å². The molecule has 1 aromatic heterocycles. The minimum absolute atomic E-state index is 0.0657. The van der Waals surface area contributed by atoms with E-state index in [4.69, 9.17) is 0 Å². The standard InChI is InChI=1S/C22H19F3N2O4S/c1-14-11-15(2)27(21(29)20(14)32(30,31)18-9-4-3-5-10-18)13-19(28)26-17-8-6-7-16(12-17)22(23,24)25/h3-12H,13H2,1-2H3,(H,26,28). The Labute approximate surface area is 182 Å². The Bertz CT molecular complexity index is 1330. The topological polar surface area (TPSA) is 85.2 Å². The number of hydrogen-bond donors (Lipinski definition) is 1. The van der Waals surface area contributed by atoms with Crippen molar-refractivity contribution in [3.63, 3.8) is 0 Å². The summed E-state index contributed by atoms with van der Waals surface area (Å²) in [6.07, 6.45) is -4.58. The normalized spacial score (nSPS) is 11.9. The van der Waals surface area contributed by atoms with E-state index in [9.17, 15) is 31.2 Å². The Morgan fingerprint density at radius 1 is 1.00 bits per heavy atom. The molecule has 0 saturated heterocycles. The van der Waals surface area contributed by atoms with Gasteiger partial charge in [-0.3, -0.25) is 9.59 Å². The van der Waals surface area contributed by atoms with E-state index in [2.05, 4.69) is 5.32 Å². The second-order valence-electron chi connectivity index (χ2n) is 7.13. The highest BCUT2D eigenvalue weighted by Gasteiger charge is 2.30. The second kappa shape index (κ2) is 8.62. The first-order valence-corrected chi connectivity index (χ1v) is 10.9. The van der Waals surface area contributed by atoms with Gasteiger partial charge in [0.15, 0.2) is 0 Å². The number of sulfone groups is 1. The Morgan fingerprint density at radius 2 is 1.66 bits per heavy atom. The van der Waals surface area contributed by atoms with Crippen LogP contribution in [0.2, 0.25) is 0 Å². The predicted molar refractivity (Wildman–Crippen MR) is 112 cm³/mol. The Morgan fingerprint density at radius 3 is 2.28 bits per heavy atom. The van der Waals surface area contributed by atoms with Crippen LogP contribution in [-0.2, 0) is 27.4 Å². The number of alkyl halides is 3. The third kappa shape index (κ3) is 4.75. The number of carbonyl (C=O) groups excluding carboxylic acids is 1. The maximum atomic E-state index is 13.1. The lowest BCUT2D eigenvalue weighted by atomic mass is 10.2. The molecule has 10 heteroatoms. The summed E-state index contributed by atoms with van der Waals surface area (Å²) in [5, 5.41) is 2.31. The molecule has 0 radical (unpaired) electrons. The van der Waals surface area contributed by atoms with Crippen LogP contribution >= 0.6 is 0 Å². The zero-order valence-corrected chi connectivity index (χ0v) is 17.9. The van der Waals surface area contributed by atoms with Crippen molar-refractivity contribution in [3.8, 4) is 0 Å². The van der Waals surface area contributed by atoms with Gasteiger partial charge in [-0.25, -0.2) is 8.42 Å². The molecule has 1 amide bonds. The lowest BCUT2D eigenvalue weighted by Gasteiger charge is -2.15. The molecule has 32 heavy (non-hydrogen) atoms. The van der Waals surface area contributed by atoms with E-state index in [-0.39, 0.29) is 16.1 Å². The summed E-state index contributed by atoms with van der Waals surface area (Å²) in [4.78, 5) is 25.0. The Balaban J connectivity index is 1.95. The van der Waals surface area contributed by atoms with Gasteiger partial charge in [0, 0.05) is 11.4 Å². The van der Waals surface area contributed by atoms with E-state index in [0.717, 1.165) is 22.8 Å². The molecule has 0 aliphatic carbocycles. The van der Waals surface area contributed by atoms with Gasteiger partial charge in [0.2, 0.25) is 15.7 Å². The lowest BCUT2D eigenvalue weighted by molar-refractivity contribution is -0.137. The zero-order chi connectivity index (χ0) is 23.7. The van der Waals surface area contributed by atoms with Crippen molar-refractivity contribution in [2.45, 2.75) is 36.4 Å². The fraction of sp³-hybridized carbons (Fsp3) is 0.182. The number of benzene rings is 2. The monoisotopic (exact) mass is 464 g/mol. The largest absolute Gasteiger partial charge is 0.416 e. The first-order valence-electron chi connectivity index (χ1n) is 9.39. The van der Waals surface area contributed by atoms with Crippen LogP contribution in [0.5, 0.6) is 0 Å². The summed E-state index contributed by atoms with van der Waals surface area (Å²) < 4.78 is 65.7. The van der Waals surface area contributed by atoms with Crippen LogP contribution in [0, 0.1) is 13.8 Å². The van der Waals surface area contributed by atoms with Crippen LogP contribution in [0.25, 0.3) is 0 Å². The minimum atomic E-state index is -4.58. The number of carbonyl (C=O) groups is 1. The molecule has 1 heterocycles. The number of anilines is 1. The summed E-state index contributed by atoms with van der Waals surface area (Å²) >= 11 is 0. The predicted octanol–water partition coefficient (Wildman–Crippen LogP) is 3.96. The number of rotatable bonds is 5. The van der Waals surface area contributed by atoms with Gasteiger partial charge in [-0.2, -0.15) is 13.2 Å². The van der Waals surface area contributed by atoms with Crippen molar-refractivity contribution in [3.05, 3.63) is 87.8 Å². The van der Waals surface area contributed by atoms with Gasteiger partial charge in [-0.15, -0.1) is 0 Å². The molecule has 1 N–H and O–H groups in total. The number of nitrogens with one attached hydrogen (secondary N) is 1. The van der Waals surface area contributed by atoms with Crippen molar-refractivity contribution in [2.24, 2.45) is 0 Å². The first kappa shape index (κ1) is 23.3. The molecule has 3 aromatic rings. The minimum Gasteiger partial charge on any atom is -0.325 e. The molecule has 6 nitrogen and oxygen atoms in total. The van der Waals surface area contributed by atoms with E-state index in [1.807, 2.05) is 0 Å². The first-order chi connectivity index (χ1) is 14.9. The summed E-state index contributed by atoms with van der Waals surface area (Å²) in [5.74, 6) is -0.776. The summed E-state index contributed by atoms with van der Waals surface area (Å²) in [7, 11) is -4.15. The molecule has 0 aliphatic rings. The highest BCUT2D eigenvalue weighted by atomic mass is 32.2. The average Bonchev–Trinajstić information content (AvgIpc) is 2.71. The molecular weight excluding hydrogens is 445 g/mol. The number of pyridine rings is 1. The molecule has 0 fully saturated rings. The molecular formula is C22H19F3N2O4S. The van der Waals surface area contributed by atoms with Crippen LogP contribution in [0.3, 0.4) is 0 Å². The Kier molecular flexibility index (Phi) is 6.27. The zero-order valence-electron chi connectivity index (χ0n) is 17.1. The number of amides is 1. The third-order valence-electron chi connectivity index (χ3n) is 4.75. The number of aryl methyl sites for hydroxylation is 2. The van der Waals surface area contributed by atoms with E-state index >= 15 is 0 Å². The number of hydrogen-bond acceptors (Lipinski definition) is 4. The van der Waals surface area contributed by atoms with Crippen LogP contribution < -0.4 is 10.9 Å². The van der Waals surface area contributed by atoms with E-state index < -0.39 is 44.5 Å². The van der Waals surface area contributed by atoms with Gasteiger partial charge < -0.3 is 9.88 Å². The molecule has 0 atom stereocenters. The SMILES string of the molecule is Cc1cc(C)n(CC(=O)Nc2cccc(C(F)(F)F)c2)c(=O)c1S(=O)(=O)c1ccccc1. The smallest absolute Gasteiger partial charge is 0.325 e. The van der Waals surface area contributed by atoms with Crippen LogP contribution in [0.1, 0.15) is 16.8 Å². The van der Waals surface area contributed by atoms with Crippen molar-refractivity contribution in [1.29, 1.82) is 0 Å². The second-order valence-corrected chi connectivity index (χ2v) is 9.02. The molecule has 0 aliphatic heterocycles. The van der Waals surface area contributed by atoms with Gasteiger partial charge in [0.25, 0.3) is 5.56 Å². The van der Waals surface area contributed by atoms with E-state index in [0.29, 0.717) is 5.69 Å².